The molecule has 0 spiro atoms. The zero-order valence-electron chi connectivity index (χ0n) is 10.3. The van der Waals surface area contributed by atoms with Crippen molar-refractivity contribution in [1.82, 2.24) is 9.88 Å². The molecule has 1 aromatic heterocycles. The number of carbonyl (C=O) groups excluding carboxylic acids is 1. The summed E-state index contributed by atoms with van der Waals surface area (Å²) in [5, 5.41) is 0. The number of hydrogen-bond acceptors (Lipinski definition) is 4. The molecule has 17 heavy (non-hydrogen) atoms. The van der Waals surface area contributed by atoms with Crippen LogP contribution in [0.25, 0.3) is 0 Å². The summed E-state index contributed by atoms with van der Waals surface area (Å²) in [6, 6.07) is 0.0486. The third kappa shape index (κ3) is 2.66. The summed E-state index contributed by atoms with van der Waals surface area (Å²) in [7, 11) is 1.85. The van der Waals surface area contributed by atoms with E-state index < -0.39 is 0 Å². The molecule has 0 aliphatic heterocycles. The van der Waals surface area contributed by atoms with E-state index in [9.17, 15) is 4.79 Å². The zero-order chi connectivity index (χ0) is 12.4. The van der Waals surface area contributed by atoms with E-state index in [0.29, 0.717) is 6.54 Å². The van der Waals surface area contributed by atoms with Crippen LogP contribution in [0.1, 0.15) is 29.8 Å². The Kier molecular flexibility index (Phi) is 3.79. The highest BCUT2D eigenvalue weighted by Crippen LogP contribution is 2.26. The van der Waals surface area contributed by atoms with Crippen LogP contribution in [-0.4, -0.2) is 28.9 Å². The highest BCUT2D eigenvalue weighted by molar-refractivity contribution is 7.09. The predicted molar refractivity (Wildman–Crippen MR) is 68.6 cm³/mol. The first-order valence-corrected chi connectivity index (χ1v) is 6.87. The SMILES string of the molecule is Cc1ncsc1CN(C)C(=O)[C@@H]1CCC[C@@H]1N. The smallest absolute Gasteiger partial charge is 0.227 e. The molecule has 94 valence electrons. The van der Waals surface area contributed by atoms with Crippen molar-refractivity contribution in [3.05, 3.63) is 16.1 Å². The Labute approximate surface area is 106 Å². The van der Waals surface area contributed by atoms with Crippen molar-refractivity contribution in [2.45, 2.75) is 38.8 Å². The highest BCUT2D eigenvalue weighted by Gasteiger charge is 2.32. The maximum atomic E-state index is 12.2. The molecule has 0 aromatic carbocycles. The van der Waals surface area contributed by atoms with Gasteiger partial charge in [0.05, 0.1) is 23.7 Å². The van der Waals surface area contributed by atoms with Crippen LogP contribution >= 0.6 is 11.3 Å². The summed E-state index contributed by atoms with van der Waals surface area (Å²) in [6.45, 7) is 2.63. The molecule has 0 saturated heterocycles. The number of aryl methyl sites for hydroxylation is 1. The van der Waals surface area contributed by atoms with Gasteiger partial charge < -0.3 is 10.6 Å². The standard InChI is InChI=1S/C12H19N3OS/c1-8-11(17-7-14-8)6-15(2)12(16)9-4-3-5-10(9)13/h7,9-10H,3-6,13H2,1-2H3/t9-,10+/m1/s1. The average Bonchev–Trinajstić information content (AvgIpc) is 2.88. The van der Waals surface area contributed by atoms with Gasteiger partial charge in [-0.25, -0.2) is 4.98 Å². The van der Waals surface area contributed by atoms with E-state index in [2.05, 4.69) is 4.98 Å². The average molecular weight is 253 g/mol. The van der Waals surface area contributed by atoms with Crippen LogP contribution in [-0.2, 0) is 11.3 Å². The number of rotatable bonds is 3. The fourth-order valence-corrected chi connectivity index (χ4v) is 3.18. The molecule has 1 saturated carbocycles. The monoisotopic (exact) mass is 253 g/mol. The van der Waals surface area contributed by atoms with E-state index in [0.717, 1.165) is 29.8 Å². The van der Waals surface area contributed by atoms with Crippen molar-refractivity contribution in [3.8, 4) is 0 Å². The number of hydrogen-bond donors (Lipinski definition) is 1. The van der Waals surface area contributed by atoms with Gasteiger partial charge in [0.2, 0.25) is 5.91 Å². The third-order valence-corrected chi connectivity index (χ3v) is 4.41. The summed E-state index contributed by atoms with van der Waals surface area (Å²) >= 11 is 1.60. The first-order valence-electron chi connectivity index (χ1n) is 5.99. The minimum absolute atomic E-state index is 0.0215. The van der Waals surface area contributed by atoms with Crippen molar-refractivity contribution in [2.24, 2.45) is 11.7 Å². The molecule has 2 atom stereocenters. The topological polar surface area (TPSA) is 59.2 Å². The van der Waals surface area contributed by atoms with Crippen LogP contribution in [0.15, 0.2) is 5.51 Å². The van der Waals surface area contributed by atoms with Gasteiger partial charge in [-0.3, -0.25) is 4.79 Å². The first-order chi connectivity index (χ1) is 8.09. The van der Waals surface area contributed by atoms with Crippen LogP contribution in [0.2, 0.25) is 0 Å². The lowest BCUT2D eigenvalue weighted by Crippen LogP contribution is -2.39. The summed E-state index contributed by atoms with van der Waals surface area (Å²) in [5.74, 6) is 0.205. The number of thiazole rings is 1. The Balaban J connectivity index is 1.98. The quantitative estimate of drug-likeness (QED) is 0.889. The highest BCUT2D eigenvalue weighted by atomic mass is 32.1. The Morgan fingerprint density at radius 3 is 2.94 bits per heavy atom. The van der Waals surface area contributed by atoms with E-state index >= 15 is 0 Å². The van der Waals surface area contributed by atoms with Crippen LogP contribution in [0.3, 0.4) is 0 Å². The molecule has 2 N–H and O–H groups in total. The Morgan fingerprint density at radius 1 is 1.65 bits per heavy atom. The number of amides is 1. The molecular weight excluding hydrogens is 234 g/mol. The molecule has 0 unspecified atom stereocenters. The van der Waals surface area contributed by atoms with Gasteiger partial charge >= 0.3 is 0 Å². The number of aromatic nitrogens is 1. The van der Waals surface area contributed by atoms with E-state index in [1.807, 2.05) is 19.5 Å². The fraction of sp³-hybridized carbons (Fsp3) is 0.667. The molecule has 4 nitrogen and oxygen atoms in total. The second-order valence-electron chi connectivity index (χ2n) is 4.76. The van der Waals surface area contributed by atoms with Crippen molar-refractivity contribution in [2.75, 3.05) is 7.05 Å². The maximum absolute atomic E-state index is 12.2. The van der Waals surface area contributed by atoms with Gasteiger partial charge in [-0.05, 0) is 19.8 Å². The third-order valence-electron chi connectivity index (χ3n) is 3.49. The molecule has 1 aromatic rings. The van der Waals surface area contributed by atoms with Gasteiger partial charge in [-0.15, -0.1) is 11.3 Å². The van der Waals surface area contributed by atoms with Crippen molar-refractivity contribution in [1.29, 1.82) is 0 Å². The molecule has 1 aliphatic carbocycles. The lowest BCUT2D eigenvalue weighted by atomic mass is 10.0. The Hall–Kier alpha value is -0.940. The fourth-order valence-electron chi connectivity index (χ4n) is 2.35. The van der Waals surface area contributed by atoms with Gasteiger partial charge in [0.15, 0.2) is 0 Å². The number of nitrogens with two attached hydrogens (primary N) is 1. The minimum atomic E-state index is 0.0215. The van der Waals surface area contributed by atoms with E-state index in [1.165, 1.54) is 0 Å². The molecule has 1 fully saturated rings. The molecule has 1 heterocycles. The van der Waals surface area contributed by atoms with Crippen molar-refractivity contribution < 1.29 is 4.79 Å². The largest absolute Gasteiger partial charge is 0.340 e. The lowest BCUT2D eigenvalue weighted by Gasteiger charge is -2.23. The van der Waals surface area contributed by atoms with E-state index in [4.69, 9.17) is 5.73 Å². The van der Waals surface area contributed by atoms with Crippen LogP contribution in [0.4, 0.5) is 0 Å². The number of carbonyl (C=O) groups is 1. The van der Waals surface area contributed by atoms with Crippen LogP contribution in [0, 0.1) is 12.8 Å². The van der Waals surface area contributed by atoms with Crippen molar-refractivity contribution >= 4 is 17.2 Å². The second-order valence-corrected chi connectivity index (χ2v) is 5.70. The summed E-state index contributed by atoms with van der Waals surface area (Å²) in [4.78, 5) is 19.4. The van der Waals surface area contributed by atoms with Gasteiger partial charge in [0.25, 0.3) is 0 Å². The molecule has 2 rings (SSSR count). The predicted octanol–water partition coefficient (Wildman–Crippen LogP) is 1.54. The molecule has 0 radical (unpaired) electrons. The number of nitrogens with zero attached hydrogens (tertiary/aromatic N) is 2. The normalized spacial score (nSPS) is 23.9. The second kappa shape index (κ2) is 5.14. The summed E-state index contributed by atoms with van der Waals surface area (Å²) < 4.78 is 0. The Bertz CT molecular complexity index is 404. The van der Waals surface area contributed by atoms with Crippen LogP contribution in [0.5, 0.6) is 0 Å². The molecular formula is C12H19N3OS. The molecule has 1 amide bonds. The van der Waals surface area contributed by atoms with E-state index in [-0.39, 0.29) is 17.9 Å². The molecule has 1 aliphatic rings. The first kappa shape index (κ1) is 12.5. The zero-order valence-corrected chi connectivity index (χ0v) is 11.2. The van der Waals surface area contributed by atoms with Gasteiger partial charge in [0, 0.05) is 18.0 Å². The molecule has 0 bridgehead atoms. The van der Waals surface area contributed by atoms with Gasteiger partial charge in [-0.1, -0.05) is 6.42 Å². The Morgan fingerprint density at radius 2 is 2.41 bits per heavy atom. The summed E-state index contributed by atoms with van der Waals surface area (Å²) in [5.41, 5.74) is 8.81. The minimum Gasteiger partial charge on any atom is -0.340 e. The van der Waals surface area contributed by atoms with Crippen LogP contribution < -0.4 is 5.73 Å². The lowest BCUT2D eigenvalue weighted by molar-refractivity contribution is -0.134. The van der Waals surface area contributed by atoms with E-state index in [1.54, 1.807) is 16.2 Å². The van der Waals surface area contributed by atoms with Gasteiger partial charge in [0.1, 0.15) is 0 Å². The summed E-state index contributed by atoms with van der Waals surface area (Å²) in [6.07, 6.45) is 2.99. The maximum Gasteiger partial charge on any atom is 0.227 e. The van der Waals surface area contributed by atoms with Crippen molar-refractivity contribution in [3.63, 3.8) is 0 Å². The molecule has 5 heteroatoms. The van der Waals surface area contributed by atoms with Gasteiger partial charge in [-0.2, -0.15) is 0 Å².